The fraction of sp³-hybridized carbons (Fsp3) is 0.500. The van der Waals surface area contributed by atoms with Gasteiger partial charge in [0.25, 0.3) is 0 Å². The molecule has 0 amide bonds. The lowest BCUT2D eigenvalue weighted by Gasteiger charge is -2.05. The second-order valence-electron chi connectivity index (χ2n) is 1.58. The van der Waals surface area contributed by atoms with Gasteiger partial charge in [-0.1, -0.05) is 6.08 Å². The summed E-state index contributed by atoms with van der Waals surface area (Å²) in [4.78, 5) is 3.86. The Hall–Kier alpha value is -0.830. The molecular weight excluding hydrogens is 114 g/mol. The molecular formula is C6H13N3. The fourth-order valence-corrected chi connectivity index (χ4v) is 0.292. The van der Waals surface area contributed by atoms with Crippen molar-refractivity contribution in [3.8, 4) is 0 Å². The van der Waals surface area contributed by atoms with Gasteiger partial charge in [0.05, 0.1) is 0 Å². The van der Waals surface area contributed by atoms with Gasteiger partial charge in [-0.05, 0) is 13.8 Å². The second-order valence-corrected chi connectivity index (χ2v) is 1.58. The van der Waals surface area contributed by atoms with Crippen LogP contribution in [0.3, 0.4) is 0 Å². The van der Waals surface area contributed by atoms with Crippen molar-refractivity contribution in [2.45, 2.75) is 13.8 Å². The van der Waals surface area contributed by atoms with Crippen molar-refractivity contribution in [2.24, 2.45) is 10.8 Å². The first kappa shape index (κ1) is 8.17. The molecule has 0 aromatic carbocycles. The van der Waals surface area contributed by atoms with Crippen LogP contribution in [0, 0.1) is 0 Å². The van der Waals surface area contributed by atoms with Crippen LogP contribution in [0.2, 0.25) is 0 Å². The van der Waals surface area contributed by atoms with Crippen molar-refractivity contribution >= 4 is 6.34 Å². The van der Waals surface area contributed by atoms with Gasteiger partial charge >= 0.3 is 0 Å². The normalized spacial score (nSPS) is 11.4. The molecule has 0 fully saturated rings. The summed E-state index contributed by atoms with van der Waals surface area (Å²) in [6.45, 7) is 4.65. The molecule has 2 N–H and O–H groups in total. The van der Waals surface area contributed by atoms with Gasteiger partial charge in [0.2, 0.25) is 0 Å². The number of nitrogens with zero attached hydrogens (tertiary/aromatic N) is 2. The van der Waals surface area contributed by atoms with Crippen LogP contribution >= 0.6 is 0 Å². The Morgan fingerprint density at radius 2 is 2.33 bits per heavy atom. The van der Waals surface area contributed by atoms with E-state index >= 15 is 0 Å². The number of hydrazine groups is 1. The number of nitrogens with two attached hydrogens (primary N) is 1. The van der Waals surface area contributed by atoms with Crippen LogP contribution in [0.4, 0.5) is 0 Å². The van der Waals surface area contributed by atoms with Crippen molar-refractivity contribution in [3.63, 3.8) is 0 Å². The van der Waals surface area contributed by atoms with E-state index in [1.807, 2.05) is 19.9 Å². The molecule has 0 saturated heterocycles. The van der Waals surface area contributed by atoms with Gasteiger partial charge in [0.1, 0.15) is 6.34 Å². The van der Waals surface area contributed by atoms with Gasteiger partial charge in [0, 0.05) is 12.7 Å². The quantitative estimate of drug-likeness (QED) is 0.263. The van der Waals surface area contributed by atoms with E-state index in [4.69, 9.17) is 5.84 Å². The standard InChI is InChI=1S/C6H13N3/c1-3-5-8-6-9(7)4-2/h3,5-6H,4,7H2,1-2H3/b5-3+,8-6?. The van der Waals surface area contributed by atoms with Crippen LogP contribution in [0.25, 0.3) is 0 Å². The summed E-state index contributed by atoms with van der Waals surface area (Å²) in [6, 6.07) is 0. The zero-order valence-corrected chi connectivity index (χ0v) is 5.91. The molecule has 0 aliphatic rings. The highest BCUT2D eigenvalue weighted by molar-refractivity contribution is 5.54. The maximum Gasteiger partial charge on any atom is 0.104 e. The maximum absolute atomic E-state index is 5.36. The molecule has 52 valence electrons. The van der Waals surface area contributed by atoms with Gasteiger partial charge in [-0.3, -0.25) is 0 Å². The van der Waals surface area contributed by atoms with E-state index in [-0.39, 0.29) is 0 Å². The minimum Gasteiger partial charge on any atom is -0.301 e. The Kier molecular flexibility index (Phi) is 4.82. The minimum atomic E-state index is 0.779. The molecule has 3 heteroatoms. The van der Waals surface area contributed by atoms with Gasteiger partial charge in [-0.2, -0.15) is 0 Å². The average Bonchev–Trinajstić information content (AvgIpc) is 1.89. The highest BCUT2D eigenvalue weighted by Crippen LogP contribution is 1.73. The van der Waals surface area contributed by atoms with Crippen molar-refractivity contribution in [1.82, 2.24) is 5.01 Å². The Bertz CT molecular complexity index is 107. The third-order valence-electron chi connectivity index (χ3n) is 0.815. The lowest BCUT2D eigenvalue weighted by Crippen LogP contribution is -2.28. The molecule has 9 heavy (non-hydrogen) atoms. The fourth-order valence-electron chi connectivity index (χ4n) is 0.292. The Morgan fingerprint density at radius 1 is 1.67 bits per heavy atom. The van der Waals surface area contributed by atoms with Crippen molar-refractivity contribution < 1.29 is 0 Å². The summed E-state index contributed by atoms with van der Waals surface area (Å²) in [6.07, 6.45) is 5.12. The lowest BCUT2D eigenvalue weighted by molar-refractivity contribution is 0.480. The first-order chi connectivity index (χ1) is 4.31. The molecule has 0 aromatic heterocycles. The van der Waals surface area contributed by atoms with E-state index in [9.17, 15) is 0 Å². The Labute approximate surface area is 55.8 Å². The van der Waals surface area contributed by atoms with Crippen LogP contribution in [0.15, 0.2) is 17.3 Å². The molecule has 0 spiro atoms. The average molecular weight is 127 g/mol. The van der Waals surface area contributed by atoms with Crippen molar-refractivity contribution in [3.05, 3.63) is 12.3 Å². The molecule has 3 nitrogen and oxygen atoms in total. The smallest absolute Gasteiger partial charge is 0.104 e. The summed E-state index contributed by atoms with van der Waals surface area (Å²) < 4.78 is 0. The summed E-state index contributed by atoms with van der Waals surface area (Å²) >= 11 is 0. The van der Waals surface area contributed by atoms with Gasteiger partial charge < -0.3 is 5.01 Å². The minimum absolute atomic E-state index is 0.779. The highest BCUT2D eigenvalue weighted by atomic mass is 15.4. The molecule has 0 saturated carbocycles. The largest absolute Gasteiger partial charge is 0.301 e. The molecule has 0 bridgehead atoms. The molecule has 0 unspecified atom stereocenters. The third kappa shape index (κ3) is 5.03. The monoisotopic (exact) mass is 127 g/mol. The van der Waals surface area contributed by atoms with E-state index < -0.39 is 0 Å². The van der Waals surface area contributed by atoms with Crippen molar-refractivity contribution in [1.29, 1.82) is 0 Å². The van der Waals surface area contributed by atoms with Crippen LogP contribution in [-0.4, -0.2) is 17.9 Å². The van der Waals surface area contributed by atoms with Crippen LogP contribution in [0.1, 0.15) is 13.8 Å². The molecule has 0 atom stereocenters. The second kappa shape index (κ2) is 5.31. The topological polar surface area (TPSA) is 41.6 Å². The maximum atomic E-state index is 5.36. The number of rotatable bonds is 3. The number of hydrogen-bond donors (Lipinski definition) is 1. The number of allylic oxidation sites excluding steroid dienone is 1. The Morgan fingerprint density at radius 3 is 2.78 bits per heavy atom. The Balaban J connectivity index is 3.43. The summed E-state index contributed by atoms with van der Waals surface area (Å²) in [5, 5.41) is 1.51. The highest BCUT2D eigenvalue weighted by Gasteiger charge is 1.79. The van der Waals surface area contributed by atoms with E-state index in [0.29, 0.717) is 0 Å². The van der Waals surface area contributed by atoms with Gasteiger partial charge in [-0.15, -0.1) is 0 Å². The summed E-state index contributed by atoms with van der Waals surface area (Å²) in [7, 11) is 0. The van der Waals surface area contributed by atoms with E-state index in [1.165, 1.54) is 5.01 Å². The zero-order chi connectivity index (χ0) is 7.11. The molecule has 0 rings (SSSR count). The lowest BCUT2D eigenvalue weighted by atomic mass is 10.7. The van der Waals surface area contributed by atoms with Gasteiger partial charge in [0.15, 0.2) is 0 Å². The molecule has 0 heterocycles. The molecule has 0 aliphatic heterocycles. The van der Waals surface area contributed by atoms with E-state index in [1.54, 1.807) is 12.5 Å². The number of hydrogen-bond acceptors (Lipinski definition) is 2. The third-order valence-corrected chi connectivity index (χ3v) is 0.815. The van der Waals surface area contributed by atoms with Gasteiger partial charge in [-0.25, -0.2) is 10.8 Å². The predicted molar refractivity (Wildman–Crippen MR) is 39.9 cm³/mol. The van der Waals surface area contributed by atoms with Crippen LogP contribution in [-0.2, 0) is 0 Å². The first-order valence-electron chi connectivity index (χ1n) is 2.97. The molecule has 0 radical (unpaired) electrons. The molecule has 0 aromatic rings. The molecule has 0 aliphatic carbocycles. The van der Waals surface area contributed by atoms with Crippen molar-refractivity contribution in [2.75, 3.05) is 6.54 Å². The van der Waals surface area contributed by atoms with E-state index in [0.717, 1.165) is 6.54 Å². The summed E-state index contributed by atoms with van der Waals surface area (Å²) in [5.74, 6) is 5.36. The van der Waals surface area contributed by atoms with E-state index in [2.05, 4.69) is 4.99 Å². The predicted octanol–water partition coefficient (Wildman–Crippen LogP) is 0.744. The first-order valence-corrected chi connectivity index (χ1v) is 2.97. The number of aliphatic imine (C=N–C) groups is 1. The van der Waals surface area contributed by atoms with Crippen LogP contribution in [0.5, 0.6) is 0 Å². The SMILES string of the molecule is C/C=C/N=CN(N)CC. The zero-order valence-electron chi connectivity index (χ0n) is 5.91. The summed E-state index contributed by atoms with van der Waals surface area (Å²) in [5.41, 5.74) is 0. The van der Waals surface area contributed by atoms with Crippen LogP contribution < -0.4 is 5.84 Å².